The van der Waals surface area contributed by atoms with Gasteiger partial charge in [0.1, 0.15) is 11.3 Å². The summed E-state index contributed by atoms with van der Waals surface area (Å²) in [5.74, 6) is 0.607. The fourth-order valence-electron chi connectivity index (χ4n) is 2.35. The first-order valence-electron chi connectivity index (χ1n) is 6.30. The summed E-state index contributed by atoms with van der Waals surface area (Å²) in [6.07, 6.45) is 9.56. The Morgan fingerprint density at radius 3 is 3.10 bits per heavy atom. The number of hydrogen-bond acceptors (Lipinski definition) is 4. The standard InChI is InChI=1S/C14H12N6/c1-15-14-18-7-11-10(6-17-13(11)19-14)9-2-3-12-16-4-5-20(12)8-9/h2-8H,1H3,(H2,15,17,18,19). The molecular weight excluding hydrogens is 252 g/mol. The van der Waals surface area contributed by atoms with Crippen molar-refractivity contribution in [1.82, 2.24) is 24.3 Å². The highest BCUT2D eigenvalue weighted by molar-refractivity contribution is 5.93. The van der Waals surface area contributed by atoms with Crippen molar-refractivity contribution in [3.05, 3.63) is 43.1 Å². The number of fused-ring (bicyclic) bond motifs is 2. The number of nitrogens with zero attached hydrogens (tertiary/aromatic N) is 4. The second kappa shape index (κ2) is 4.06. The zero-order chi connectivity index (χ0) is 13.5. The first-order chi connectivity index (χ1) is 9.85. The van der Waals surface area contributed by atoms with Gasteiger partial charge in [-0.2, -0.15) is 4.98 Å². The molecule has 0 atom stereocenters. The van der Waals surface area contributed by atoms with E-state index >= 15 is 0 Å². The minimum atomic E-state index is 0.607. The maximum absolute atomic E-state index is 4.40. The number of pyridine rings is 1. The highest BCUT2D eigenvalue weighted by atomic mass is 15.1. The van der Waals surface area contributed by atoms with Gasteiger partial charge in [0, 0.05) is 54.5 Å². The largest absolute Gasteiger partial charge is 0.357 e. The molecule has 98 valence electrons. The van der Waals surface area contributed by atoms with Crippen LogP contribution in [0.15, 0.2) is 43.1 Å². The lowest BCUT2D eigenvalue weighted by Crippen LogP contribution is -1.95. The molecule has 0 bridgehead atoms. The molecule has 0 spiro atoms. The summed E-state index contributed by atoms with van der Waals surface area (Å²) in [6.45, 7) is 0. The van der Waals surface area contributed by atoms with Gasteiger partial charge < -0.3 is 14.7 Å². The lowest BCUT2D eigenvalue weighted by molar-refractivity contribution is 1.18. The zero-order valence-corrected chi connectivity index (χ0v) is 10.8. The molecule has 0 aliphatic heterocycles. The van der Waals surface area contributed by atoms with E-state index in [1.165, 1.54) is 0 Å². The van der Waals surface area contributed by atoms with Crippen LogP contribution in [0.25, 0.3) is 27.8 Å². The number of nitrogens with one attached hydrogen (secondary N) is 2. The quantitative estimate of drug-likeness (QED) is 0.583. The van der Waals surface area contributed by atoms with Gasteiger partial charge >= 0.3 is 0 Å². The van der Waals surface area contributed by atoms with E-state index in [2.05, 4.69) is 37.5 Å². The van der Waals surface area contributed by atoms with Crippen LogP contribution < -0.4 is 5.32 Å². The molecule has 20 heavy (non-hydrogen) atoms. The molecule has 0 radical (unpaired) electrons. The van der Waals surface area contributed by atoms with Crippen LogP contribution in [-0.2, 0) is 0 Å². The average Bonchev–Trinajstić information content (AvgIpc) is 3.11. The molecule has 0 saturated carbocycles. The average molecular weight is 264 g/mol. The van der Waals surface area contributed by atoms with Crippen LogP contribution in [0.3, 0.4) is 0 Å². The van der Waals surface area contributed by atoms with Gasteiger partial charge in [-0.05, 0) is 12.1 Å². The number of H-pyrrole nitrogens is 1. The van der Waals surface area contributed by atoms with Gasteiger partial charge in [0.05, 0.1) is 0 Å². The lowest BCUT2D eigenvalue weighted by Gasteiger charge is -2.02. The Morgan fingerprint density at radius 1 is 1.25 bits per heavy atom. The Bertz CT molecular complexity index is 904. The third-order valence-electron chi connectivity index (χ3n) is 3.36. The minimum Gasteiger partial charge on any atom is -0.357 e. The number of aromatic nitrogens is 5. The van der Waals surface area contributed by atoms with Gasteiger partial charge in [-0.15, -0.1) is 0 Å². The fourth-order valence-corrected chi connectivity index (χ4v) is 2.35. The zero-order valence-electron chi connectivity index (χ0n) is 10.8. The van der Waals surface area contributed by atoms with Crippen molar-refractivity contribution in [2.24, 2.45) is 0 Å². The molecule has 4 rings (SSSR count). The van der Waals surface area contributed by atoms with E-state index in [0.29, 0.717) is 5.95 Å². The van der Waals surface area contributed by atoms with Gasteiger partial charge in [-0.1, -0.05) is 0 Å². The second-order valence-electron chi connectivity index (χ2n) is 4.52. The molecule has 6 heteroatoms. The van der Waals surface area contributed by atoms with Crippen LogP contribution in [0.5, 0.6) is 0 Å². The normalized spacial score (nSPS) is 11.2. The Morgan fingerprint density at radius 2 is 2.20 bits per heavy atom. The molecular formula is C14H12N6. The molecule has 6 nitrogen and oxygen atoms in total. The smallest absolute Gasteiger partial charge is 0.224 e. The van der Waals surface area contributed by atoms with Crippen molar-refractivity contribution >= 4 is 22.6 Å². The van der Waals surface area contributed by atoms with E-state index in [1.807, 2.05) is 29.1 Å². The van der Waals surface area contributed by atoms with Gasteiger partial charge in [-0.25, -0.2) is 9.97 Å². The van der Waals surface area contributed by atoms with Gasteiger partial charge in [0.15, 0.2) is 0 Å². The van der Waals surface area contributed by atoms with E-state index in [0.717, 1.165) is 27.8 Å². The number of aromatic amines is 1. The Balaban J connectivity index is 1.92. The third kappa shape index (κ3) is 1.55. The fraction of sp³-hybridized carbons (Fsp3) is 0.0714. The van der Waals surface area contributed by atoms with Gasteiger partial charge in [0.2, 0.25) is 5.95 Å². The highest BCUT2D eigenvalue weighted by Gasteiger charge is 2.09. The third-order valence-corrected chi connectivity index (χ3v) is 3.36. The van der Waals surface area contributed by atoms with Crippen molar-refractivity contribution in [3.8, 4) is 11.1 Å². The number of rotatable bonds is 2. The summed E-state index contributed by atoms with van der Waals surface area (Å²) in [4.78, 5) is 16.1. The van der Waals surface area contributed by atoms with Gasteiger partial charge in [0.25, 0.3) is 0 Å². The molecule has 0 aliphatic rings. The van der Waals surface area contributed by atoms with Crippen LogP contribution in [-0.4, -0.2) is 31.4 Å². The molecule has 4 aromatic heterocycles. The topological polar surface area (TPSA) is 70.9 Å². The molecule has 0 saturated heterocycles. The lowest BCUT2D eigenvalue weighted by atomic mass is 10.1. The molecule has 0 aromatic carbocycles. The van der Waals surface area contributed by atoms with E-state index in [-0.39, 0.29) is 0 Å². The maximum atomic E-state index is 4.40. The van der Waals surface area contributed by atoms with Crippen LogP contribution in [0, 0.1) is 0 Å². The number of hydrogen-bond donors (Lipinski definition) is 2. The molecule has 4 heterocycles. The maximum Gasteiger partial charge on any atom is 0.224 e. The predicted octanol–water partition coefficient (Wildman–Crippen LogP) is 2.31. The minimum absolute atomic E-state index is 0.607. The molecule has 0 fully saturated rings. The van der Waals surface area contributed by atoms with E-state index in [1.54, 1.807) is 13.2 Å². The number of anilines is 1. The summed E-state index contributed by atoms with van der Waals surface area (Å²) in [5.41, 5.74) is 3.94. The van der Waals surface area contributed by atoms with Crippen LogP contribution in [0.2, 0.25) is 0 Å². The van der Waals surface area contributed by atoms with Crippen molar-refractivity contribution < 1.29 is 0 Å². The monoisotopic (exact) mass is 264 g/mol. The van der Waals surface area contributed by atoms with E-state index < -0.39 is 0 Å². The highest BCUT2D eigenvalue weighted by Crippen LogP contribution is 2.27. The summed E-state index contributed by atoms with van der Waals surface area (Å²) in [7, 11) is 1.80. The van der Waals surface area contributed by atoms with E-state index in [4.69, 9.17) is 0 Å². The molecule has 4 aromatic rings. The van der Waals surface area contributed by atoms with Crippen LogP contribution in [0.1, 0.15) is 0 Å². The van der Waals surface area contributed by atoms with Crippen LogP contribution in [0.4, 0.5) is 5.95 Å². The van der Waals surface area contributed by atoms with Crippen molar-refractivity contribution in [2.75, 3.05) is 12.4 Å². The second-order valence-corrected chi connectivity index (χ2v) is 4.52. The Labute approximate surface area is 114 Å². The van der Waals surface area contributed by atoms with Crippen LogP contribution >= 0.6 is 0 Å². The summed E-state index contributed by atoms with van der Waals surface area (Å²) in [5, 5.41) is 3.94. The molecule has 0 aliphatic carbocycles. The predicted molar refractivity (Wildman–Crippen MR) is 77.6 cm³/mol. The molecule has 0 unspecified atom stereocenters. The van der Waals surface area contributed by atoms with Crippen molar-refractivity contribution in [1.29, 1.82) is 0 Å². The molecule has 2 N–H and O–H groups in total. The van der Waals surface area contributed by atoms with Gasteiger partial charge in [-0.3, -0.25) is 0 Å². The van der Waals surface area contributed by atoms with Crippen molar-refractivity contribution in [3.63, 3.8) is 0 Å². The SMILES string of the molecule is CNc1ncc2c(-c3ccc4nccn4c3)c[nH]c2n1. The summed E-state index contributed by atoms with van der Waals surface area (Å²) in [6, 6.07) is 4.05. The Kier molecular flexibility index (Phi) is 2.23. The first kappa shape index (κ1) is 11.0. The first-order valence-corrected chi connectivity index (χ1v) is 6.30. The summed E-state index contributed by atoms with van der Waals surface area (Å²) < 4.78 is 2.00. The number of imidazole rings is 1. The summed E-state index contributed by atoms with van der Waals surface area (Å²) >= 11 is 0. The van der Waals surface area contributed by atoms with E-state index in [9.17, 15) is 0 Å². The molecule has 0 amide bonds. The Hall–Kier alpha value is -2.89. The van der Waals surface area contributed by atoms with Crippen molar-refractivity contribution in [2.45, 2.75) is 0 Å².